The van der Waals surface area contributed by atoms with Gasteiger partial charge in [0.25, 0.3) is 0 Å². The Hall–Kier alpha value is -0.570. The number of methoxy groups -OCH3 is 1. The fraction of sp³-hybridized carbons (Fsp3) is 0.632. The SMILES string of the molecule is CN=C(NCCc1cccc(Cl)c1)NCC1CCN(CCOC)CC1.I. The maximum absolute atomic E-state index is 6.02. The summed E-state index contributed by atoms with van der Waals surface area (Å²) in [6.45, 7) is 6.02. The molecule has 0 amide bonds. The zero-order valence-electron chi connectivity index (χ0n) is 15.8. The van der Waals surface area contributed by atoms with Gasteiger partial charge < -0.3 is 20.3 Å². The van der Waals surface area contributed by atoms with Crippen LogP contribution in [0.3, 0.4) is 0 Å². The number of nitrogens with one attached hydrogen (secondary N) is 2. The fourth-order valence-electron chi connectivity index (χ4n) is 3.11. The summed E-state index contributed by atoms with van der Waals surface area (Å²) in [7, 11) is 3.59. The molecule has 7 heteroatoms. The van der Waals surface area contributed by atoms with Crippen LogP contribution in [0.4, 0.5) is 0 Å². The van der Waals surface area contributed by atoms with E-state index in [1.165, 1.54) is 18.4 Å². The van der Waals surface area contributed by atoms with Crippen LogP contribution in [0, 0.1) is 5.92 Å². The number of benzene rings is 1. The maximum Gasteiger partial charge on any atom is 0.190 e. The lowest BCUT2D eigenvalue weighted by Crippen LogP contribution is -2.43. The van der Waals surface area contributed by atoms with Gasteiger partial charge >= 0.3 is 0 Å². The zero-order chi connectivity index (χ0) is 17.9. The van der Waals surface area contributed by atoms with Gasteiger partial charge in [-0.2, -0.15) is 0 Å². The molecular formula is C19H32ClIN4O. The maximum atomic E-state index is 6.02. The Labute approximate surface area is 179 Å². The smallest absolute Gasteiger partial charge is 0.190 e. The topological polar surface area (TPSA) is 48.9 Å². The Kier molecular flexibility index (Phi) is 12.3. The molecule has 5 nitrogen and oxygen atoms in total. The second-order valence-electron chi connectivity index (χ2n) is 6.54. The summed E-state index contributed by atoms with van der Waals surface area (Å²) in [5.74, 6) is 1.59. The van der Waals surface area contributed by atoms with Crippen molar-refractivity contribution in [1.29, 1.82) is 0 Å². The van der Waals surface area contributed by atoms with Crippen LogP contribution in [-0.4, -0.2) is 64.3 Å². The highest BCUT2D eigenvalue weighted by Gasteiger charge is 2.18. The molecule has 148 valence electrons. The summed E-state index contributed by atoms with van der Waals surface area (Å²) >= 11 is 6.02. The Morgan fingerprint density at radius 2 is 2.08 bits per heavy atom. The normalized spacial score (nSPS) is 16.2. The third kappa shape index (κ3) is 8.88. The van der Waals surface area contributed by atoms with Gasteiger partial charge in [-0.05, 0) is 56.0 Å². The van der Waals surface area contributed by atoms with Crippen molar-refractivity contribution in [3.05, 3.63) is 34.9 Å². The lowest BCUT2D eigenvalue weighted by Gasteiger charge is -2.32. The van der Waals surface area contributed by atoms with Crippen LogP contribution >= 0.6 is 35.6 Å². The first-order chi connectivity index (χ1) is 12.2. The van der Waals surface area contributed by atoms with Crippen LogP contribution in [-0.2, 0) is 11.2 Å². The minimum atomic E-state index is 0. The number of halogens is 2. The largest absolute Gasteiger partial charge is 0.383 e. The standard InChI is InChI=1S/C19H31ClN4O.HI/c1-21-19(22-9-6-16-4-3-5-18(20)14-16)23-15-17-7-10-24(11-8-17)12-13-25-2;/h3-5,14,17H,6-13,15H2,1-2H3,(H2,21,22,23);1H. The van der Waals surface area contributed by atoms with Crippen LogP contribution in [0.2, 0.25) is 5.02 Å². The second-order valence-corrected chi connectivity index (χ2v) is 6.97. The molecule has 26 heavy (non-hydrogen) atoms. The first-order valence-electron chi connectivity index (χ1n) is 9.11. The summed E-state index contributed by atoms with van der Waals surface area (Å²) in [5, 5.41) is 7.64. The Morgan fingerprint density at radius 3 is 2.73 bits per heavy atom. The molecule has 1 aliphatic heterocycles. The first kappa shape index (κ1) is 23.5. The number of ether oxygens (including phenoxy) is 1. The van der Waals surface area contributed by atoms with E-state index in [1.807, 2.05) is 25.2 Å². The van der Waals surface area contributed by atoms with Crippen molar-refractivity contribution in [2.24, 2.45) is 10.9 Å². The van der Waals surface area contributed by atoms with Crippen molar-refractivity contribution in [3.63, 3.8) is 0 Å². The van der Waals surface area contributed by atoms with Crippen LogP contribution in [0.15, 0.2) is 29.3 Å². The number of nitrogens with zero attached hydrogens (tertiary/aromatic N) is 2. The quantitative estimate of drug-likeness (QED) is 0.331. The number of rotatable bonds is 8. The number of guanidine groups is 1. The van der Waals surface area contributed by atoms with Crippen molar-refractivity contribution in [1.82, 2.24) is 15.5 Å². The highest BCUT2D eigenvalue weighted by atomic mass is 127. The highest BCUT2D eigenvalue weighted by Crippen LogP contribution is 2.16. The molecule has 1 aromatic rings. The van der Waals surface area contributed by atoms with E-state index in [1.54, 1.807) is 7.11 Å². The summed E-state index contributed by atoms with van der Waals surface area (Å²) in [6, 6.07) is 8.00. The molecule has 1 aromatic carbocycles. The molecule has 0 radical (unpaired) electrons. The third-order valence-corrected chi connectivity index (χ3v) is 4.93. The van der Waals surface area contributed by atoms with E-state index in [0.717, 1.165) is 56.7 Å². The summed E-state index contributed by atoms with van der Waals surface area (Å²) in [6.07, 6.45) is 3.39. The van der Waals surface area contributed by atoms with E-state index in [9.17, 15) is 0 Å². The van der Waals surface area contributed by atoms with E-state index in [4.69, 9.17) is 16.3 Å². The fourth-order valence-corrected chi connectivity index (χ4v) is 3.33. The summed E-state index contributed by atoms with van der Waals surface area (Å²) < 4.78 is 5.16. The van der Waals surface area contributed by atoms with E-state index in [2.05, 4.69) is 26.6 Å². The number of piperidine rings is 1. The van der Waals surface area contributed by atoms with E-state index >= 15 is 0 Å². The van der Waals surface area contributed by atoms with Gasteiger partial charge in [0.05, 0.1) is 6.61 Å². The first-order valence-corrected chi connectivity index (χ1v) is 9.49. The lowest BCUT2D eigenvalue weighted by atomic mass is 9.97. The van der Waals surface area contributed by atoms with Gasteiger partial charge in [0, 0.05) is 38.8 Å². The summed E-state index contributed by atoms with van der Waals surface area (Å²) in [5.41, 5.74) is 1.24. The average molecular weight is 495 g/mol. The highest BCUT2D eigenvalue weighted by molar-refractivity contribution is 14.0. The molecule has 2 N–H and O–H groups in total. The molecule has 0 bridgehead atoms. The van der Waals surface area contributed by atoms with Crippen molar-refractivity contribution < 1.29 is 4.74 Å². The molecular weight excluding hydrogens is 463 g/mol. The van der Waals surface area contributed by atoms with Crippen molar-refractivity contribution >= 4 is 41.5 Å². The van der Waals surface area contributed by atoms with Crippen LogP contribution in [0.25, 0.3) is 0 Å². The predicted octanol–water partition coefficient (Wildman–Crippen LogP) is 3.02. The molecule has 1 aliphatic rings. The second kappa shape index (κ2) is 13.6. The number of hydrogen-bond acceptors (Lipinski definition) is 3. The number of likely N-dealkylation sites (tertiary alicyclic amines) is 1. The Bertz CT molecular complexity index is 536. The van der Waals surface area contributed by atoms with Crippen molar-refractivity contribution in [2.75, 3.05) is 53.5 Å². The van der Waals surface area contributed by atoms with Gasteiger partial charge in [0.15, 0.2) is 5.96 Å². The number of aliphatic imine (C=N–C) groups is 1. The van der Waals surface area contributed by atoms with E-state index in [-0.39, 0.29) is 24.0 Å². The van der Waals surface area contributed by atoms with Gasteiger partial charge in [-0.3, -0.25) is 4.99 Å². The molecule has 1 saturated heterocycles. The van der Waals surface area contributed by atoms with Crippen LogP contribution in [0.1, 0.15) is 18.4 Å². The van der Waals surface area contributed by atoms with Gasteiger partial charge in [-0.1, -0.05) is 23.7 Å². The Morgan fingerprint density at radius 1 is 1.31 bits per heavy atom. The van der Waals surface area contributed by atoms with Gasteiger partial charge in [0.1, 0.15) is 0 Å². The van der Waals surface area contributed by atoms with Crippen molar-refractivity contribution in [3.8, 4) is 0 Å². The van der Waals surface area contributed by atoms with E-state index < -0.39 is 0 Å². The third-order valence-electron chi connectivity index (χ3n) is 4.70. The van der Waals surface area contributed by atoms with Gasteiger partial charge in [0.2, 0.25) is 0 Å². The zero-order valence-corrected chi connectivity index (χ0v) is 18.9. The lowest BCUT2D eigenvalue weighted by molar-refractivity contribution is 0.121. The molecule has 0 aliphatic carbocycles. The minimum Gasteiger partial charge on any atom is -0.383 e. The van der Waals surface area contributed by atoms with Crippen LogP contribution in [0.5, 0.6) is 0 Å². The van der Waals surface area contributed by atoms with Crippen molar-refractivity contribution in [2.45, 2.75) is 19.3 Å². The molecule has 0 unspecified atom stereocenters. The van der Waals surface area contributed by atoms with Crippen LogP contribution < -0.4 is 10.6 Å². The Balaban J connectivity index is 0.00000338. The predicted molar refractivity (Wildman–Crippen MR) is 121 cm³/mol. The number of hydrogen-bond donors (Lipinski definition) is 2. The van der Waals surface area contributed by atoms with E-state index in [0.29, 0.717) is 5.92 Å². The molecule has 0 saturated carbocycles. The molecule has 1 fully saturated rings. The monoisotopic (exact) mass is 494 g/mol. The molecule has 0 aromatic heterocycles. The van der Waals surface area contributed by atoms with Gasteiger partial charge in [-0.15, -0.1) is 24.0 Å². The average Bonchev–Trinajstić information content (AvgIpc) is 2.63. The molecule has 1 heterocycles. The molecule has 0 atom stereocenters. The summed E-state index contributed by atoms with van der Waals surface area (Å²) in [4.78, 5) is 6.80. The molecule has 0 spiro atoms. The molecule has 2 rings (SSSR count). The minimum absolute atomic E-state index is 0. The van der Waals surface area contributed by atoms with Gasteiger partial charge in [-0.25, -0.2) is 0 Å².